The Kier molecular flexibility index (Phi) is 5.42. The number of ketones is 1. The Morgan fingerprint density at radius 3 is 2.67 bits per heavy atom. The van der Waals surface area contributed by atoms with E-state index in [2.05, 4.69) is 10.3 Å². The van der Waals surface area contributed by atoms with E-state index in [0.29, 0.717) is 22.5 Å². The lowest BCUT2D eigenvalue weighted by Crippen LogP contribution is -2.34. The molecule has 7 heteroatoms. The Balaban J connectivity index is 1.68. The van der Waals surface area contributed by atoms with Crippen molar-refractivity contribution in [2.24, 2.45) is 0 Å². The van der Waals surface area contributed by atoms with Crippen molar-refractivity contribution in [3.63, 3.8) is 0 Å². The second-order valence-electron chi connectivity index (χ2n) is 8.38. The summed E-state index contributed by atoms with van der Waals surface area (Å²) in [7, 11) is 0. The Morgan fingerprint density at radius 1 is 1.20 bits per heavy atom. The van der Waals surface area contributed by atoms with E-state index in [1.54, 1.807) is 24.9 Å². The number of carbonyl (C=O) groups is 2. The van der Waals surface area contributed by atoms with Gasteiger partial charge in [-0.3, -0.25) is 15.1 Å². The first-order valence-electron chi connectivity index (χ1n) is 9.91. The van der Waals surface area contributed by atoms with Crippen LogP contribution in [0.1, 0.15) is 47.8 Å². The number of benzene rings is 1. The van der Waals surface area contributed by atoms with Crippen molar-refractivity contribution in [1.29, 1.82) is 0 Å². The Hall–Kier alpha value is -2.64. The van der Waals surface area contributed by atoms with Crippen molar-refractivity contribution in [3.8, 4) is 0 Å². The molecule has 30 heavy (non-hydrogen) atoms. The molecule has 0 bridgehead atoms. The van der Waals surface area contributed by atoms with Crippen LogP contribution in [0.25, 0.3) is 10.9 Å². The molecule has 0 radical (unpaired) electrons. The van der Waals surface area contributed by atoms with Gasteiger partial charge >= 0.3 is 6.09 Å². The molecule has 1 aliphatic heterocycles. The van der Waals surface area contributed by atoms with E-state index in [4.69, 9.17) is 4.74 Å². The maximum Gasteiger partial charge on any atom is 0.419 e. The summed E-state index contributed by atoms with van der Waals surface area (Å²) in [5.74, 6) is 0.647. The number of aromatic nitrogens is 2. The average Bonchev–Trinajstić information content (AvgIpc) is 3.29. The summed E-state index contributed by atoms with van der Waals surface area (Å²) in [6.45, 7) is 7.29. The zero-order valence-electron chi connectivity index (χ0n) is 17.5. The summed E-state index contributed by atoms with van der Waals surface area (Å²) < 4.78 is 7.10. The topological polar surface area (TPSA) is 73.2 Å². The van der Waals surface area contributed by atoms with E-state index in [1.807, 2.05) is 63.4 Å². The lowest BCUT2D eigenvalue weighted by Gasteiger charge is -2.20. The predicted octanol–water partition coefficient (Wildman–Crippen LogP) is 4.71. The zero-order chi connectivity index (χ0) is 21.5. The molecule has 2 atom stereocenters. The van der Waals surface area contributed by atoms with Crippen LogP contribution in [0.15, 0.2) is 48.8 Å². The predicted molar refractivity (Wildman–Crippen MR) is 119 cm³/mol. The molecule has 3 aromatic rings. The van der Waals surface area contributed by atoms with E-state index in [0.717, 1.165) is 10.9 Å². The van der Waals surface area contributed by atoms with Crippen LogP contribution in [0.5, 0.6) is 0 Å². The van der Waals surface area contributed by atoms with Crippen molar-refractivity contribution in [3.05, 3.63) is 65.6 Å². The molecule has 3 heterocycles. The quantitative estimate of drug-likeness (QED) is 0.615. The molecule has 0 spiro atoms. The molecular formula is C23H25N3O3S. The number of rotatable bonds is 3. The minimum atomic E-state index is -0.625. The van der Waals surface area contributed by atoms with Gasteiger partial charge in [-0.1, -0.05) is 24.3 Å². The number of Topliss-reactive ketones (excluding diaryl/α,β-unsaturated/α-hetero) is 1. The molecule has 0 aliphatic carbocycles. The number of thioether (sulfide) groups is 1. The van der Waals surface area contributed by atoms with E-state index < -0.39 is 11.7 Å². The molecule has 1 saturated heterocycles. The average molecular weight is 424 g/mol. The van der Waals surface area contributed by atoms with Crippen LogP contribution in [-0.2, 0) is 4.74 Å². The molecule has 1 aromatic carbocycles. The highest BCUT2D eigenvalue weighted by atomic mass is 32.2. The van der Waals surface area contributed by atoms with Gasteiger partial charge in [0.2, 0.25) is 0 Å². The number of pyridine rings is 1. The molecule has 156 valence electrons. The lowest BCUT2D eigenvalue weighted by molar-refractivity contribution is 0.0541. The maximum atomic E-state index is 13.5. The first-order valence-corrected chi connectivity index (χ1v) is 11.0. The molecule has 1 aliphatic rings. The van der Waals surface area contributed by atoms with Crippen molar-refractivity contribution < 1.29 is 14.3 Å². The van der Waals surface area contributed by atoms with Crippen LogP contribution in [0.4, 0.5) is 4.79 Å². The third kappa shape index (κ3) is 3.87. The van der Waals surface area contributed by atoms with Gasteiger partial charge in [0, 0.05) is 34.8 Å². The van der Waals surface area contributed by atoms with Crippen LogP contribution < -0.4 is 5.32 Å². The van der Waals surface area contributed by atoms with Crippen LogP contribution in [0.2, 0.25) is 0 Å². The summed E-state index contributed by atoms with van der Waals surface area (Å²) >= 11 is 1.69. The molecule has 2 unspecified atom stereocenters. The van der Waals surface area contributed by atoms with Gasteiger partial charge in [-0.05, 0) is 45.4 Å². The molecule has 6 nitrogen and oxygen atoms in total. The Labute approximate surface area is 180 Å². The summed E-state index contributed by atoms with van der Waals surface area (Å²) in [4.78, 5) is 30.6. The molecule has 0 saturated carbocycles. The minimum absolute atomic E-state index is 0.00935. The highest BCUT2D eigenvalue weighted by Gasteiger charge is 2.35. The van der Waals surface area contributed by atoms with Crippen molar-refractivity contribution in [1.82, 2.24) is 14.9 Å². The summed E-state index contributed by atoms with van der Waals surface area (Å²) in [6, 6.07) is 11.0. The second kappa shape index (κ2) is 7.89. The number of hydrogen-bond donors (Lipinski definition) is 1. The van der Waals surface area contributed by atoms with Gasteiger partial charge < -0.3 is 4.74 Å². The molecule has 0 amide bonds. The number of nitrogens with zero attached hydrogens (tertiary/aromatic N) is 2. The van der Waals surface area contributed by atoms with E-state index in [-0.39, 0.29) is 17.2 Å². The fourth-order valence-electron chi connectivity index (χ4n) is 3.74. The normalized spacial score (nSPS) is 19.2. The minimum Gasteiger partial charge on any atom is -0.443 e. The van der Waals surface area contributed by atoms with Crippen molar-refractivity contribution in [2.45, 2.75) is 44.7 Å². The Morgan fingerprint density at radius 2 is 1.97 bits per heavy atom. The third-order valence-corrected chi connectivity index (χ3v) is 6.29. The van der Waals surface area contributed by atoms with Gasteiger partial charge in [-0.15, -0.1) is 11.8 Å². The van der Waals surface area contributed by atoms with Crippen LogP contribution in [0, 0.1) is 6.92 Å². The lowest BCUT2D eigenvalue weighted by atomic mass is 10.0. The number of hydrogen-bond acceptors (Lipinski definition) is 6. The van der Waals surface area contributed by atoms with Gasteiger partial charge in [0.1, 0.15) is 5.60 Å². The van der Waals surface area contributed by atoms with Crippen molar-refractivity contribution >= 4 is 34.5 Å². The summed E-state index contributed by atoms with van der Waals surface area (Å²) in [5.41, 5.74) is 2.28. The standard InChI is InChI=1S/C23H25N3O3S/c1-14-19(20(27)17-13-30-21(25-17)15-8-7-11-24-12-15)16-9-5-6-10-18(16)26(14)22(28)29-23(2,3)4/h5-12,17,21,25H,13H2,1-4H3. The number of carbonyl (C=O) groups excluding carboxylic acids is 2. The van der Waals surface area contributed by atoms with E-state index in [9.17, 15) is 9.59 Å². The SMILES string of the molecule is Cc1c(C(=O)C2CSC(c3cccnc3)N2)c2ccccc2n1C(=O)OC(C)(C)C. The smallest absolute Gasteiger partial charge is 0.419 e. The van der Waals surface area contributed by atoms with Gasteiger partial charge in [0.25, 0.3) is 0 Å². The van der Waals surface area contributed by atoms with Crippen molar-refractivity contribution in [2.75, 3.05) is 5.75 Å². The molecule has 4 rings (SSSR count). The monoisotopic (exact) mass is 423 g/mol. The molecular weight excluding hydrogens is 398 g/mol. The summed E-state index contributed by atoms with van der Waals surface area (Å²) in [6.07, 6.45) is 3.08. The van der Waals surface area contributed by atoms with Gasteiger partial charge in [-0.2, -0.15) is 0 Å². The van der Waals surface area contributed by atoms with E-state index in [1.165, 1.54) is 4.57 Å². The van der Waals surface area contributed by atoms with E-state index >= 15 is 0 Å². The Bertz CT molecular complexity index is 1100. The van der Waals surface area contributed by atoms with Gasteiger partial charge in [-0.25, -0.2) is 9.36 Å². The first-order chi connectivity index (χ1) is 14.3. The number of nitrogens with one attached hydrogen (secondary N) is 1. The molecule has 1 N–H and O–H groups in total. The van der Waals surface area contributed by atoms with Gasteiger partial charge in [0.05, 0.1) is 16.9 Å². The van der Waals surface area contributed by atoms with Gasteiger partial charge in [0.15, 0.2) is 5.78 Å². The number of ether oxygens (including phenoxy) is 1. The number of fused-ring (bicyclic) bond motifs is 1. The van der Waals surface area contributed by atoms with Crippen LogP contribution in [-0.4, -0.2) is 38.8 Å². The maximum absolute atomic E-state index is 13.5. The third-order valence-electron chi connectivity index (χ3n) is 5.02. The first kappa shape index (κ1) is 20.6. The summed E-state index contributed by atoms with van der Waals surface area (Å²) in [5, 5.41) is 4.21. The van der Waals surface area contributed by atoms with Crippen LogP contribution >= 0.6 is 11.8 Å². The van der Waals surface area contributed by atoms with Crippen LogP contribution in [0.3, 0.4) is 0 Å². The zero-order valence-corrected chi connectivity index (χ0v) is 18.3. The number of para-hydroxylation sites is 1. The second-order valence-corrected chi connectivity index (χ2v) is 9.51. The fourth-order valence-corrected chi connectivity index (χ4v) is 4.97. The largest absolute Gasteiger partial charge is 0.443 e. The molecule has 1 fully saturated rings. The highest BCUT2D eigenvalue weighted by molar-refractivity contribution is 7.99. The molecule has 2 aromatic heterocycles. The highest BCUT2D eigenvalue weighted by Crippen LogP contribution is 2.35. The fraction of sp³-hybridized carbons (Fsp3) is 0.348.